The highest BCUT2D eigenvalue weighted by molar-refractivity contribution is 4.63. The van der Waals surface area contributed by atoms with Crippen molar-refractivity contribution >= 4 is 0 Å². The molecule has 0 aromatic heterocycles. The van der Waals surface area contributed by atoms with Crippen molar-refractivity contribution < 1.29 is 0 Å². The van der Waals surface area contributed by atoms with Crippen molar-refractivity contribution in [3.63, 3.8) is 0 Å². The van der Waals surface area contributed by atoms with Gasteiger partial charge in [0.05, 0.1) is 0 Å². The molecular formula is C13H29N. The minimum Gasteiger partial charge on any atom is -0.314 e. The van der Waals surface area contributed by atoms with Crippen molar-refractivity contribution in [1.82, 2.24) is 5.32 Å². The zero-order chi connectivity index (χ0) is 10.8. The monoisotopic (exact) mass is 199 g/mol. The number of hydrogen-bond donors (Lipinski definition) is 1. The van der Waals surface area contributed by atoms with Gasteiger partial charge in [-0.2, -0.15) is 0 Å². The largest absolute Gasteiger partial charge is 0.314 e. The molecule has 86 valence electrons. The molecule has 0 radical (unpaired) electrons. The maximum absolute atomic E-state index is 3.64. The zero-order valence-electron chi connectivity index (χ0n) is 10.6. The molecule has 0 saturated carbocycles. The first-order chi connectivity index (χ1) is 6.70. The molecule has 1 N–H and O–H groups in total. The minimum atomic E-state index is 0.763. The van der Waals surface area contributed by atoms with Crippen LogP contribution in [0.2, 0.25) is 0 Å². The van der Waals surface area contributed by atoms with E-state index in [-0.39, 0.29) is 0 Å². The summed E-state index contributed by atoms with van der Waals surface area (Å²) in [6.45, 7) is 10.4. The van der Waals surface area contributed by atoms with Crippen molar-refractivity contribution in [3.05, 3.63) is 0 Å². The molecule has 0 saturated heterocycles. The van der Waals surface area contributed by atoms with Crippen molar-refractivity contribution in [3.8, 4) is 0 Å². The summed E-state index contributed by atoms with van der Waals surface area (Å²) < 4.78 is 0. The average Bonchev–Trinajstić information content (AvgIpc) is 2.15. The van der Waals surface area contributed by atoms with Gasteiger partial charge in [0, 0.05) is 6.04 Å². The number of unbranched alkanes of at least 4 members (excludes halogenated alkanes) is 1. The van der Waals surface area contributed by atoms with Crippen LogP contribution in [0.5, 0.6) is 0 Å². The Labute approximate surface area is 90.7 Å². The van der Waals surface area contributed by atoms with Gasteiger partial charge in [-0.3, -0.25) is 0 Å². The Balaban J connectivity index is 3.24. The fraction of sp³-hybridized carbons (Fsp3) is 1.00. The molecule has 1 unspecified atom stereocenters. The highest BCUT2D eigenvalue weighted by Crippen LogP contribution is 2.06. The maximum atomic E-state index is 3.64. The summed E-state index contributed by atoms with van der Waals surface area (Å²) in [6, 6.07) is 0.763. The molecule has 0 aliphatic rings. The second-order valence-electron chi connectivity index (χ2n) is 4.74. The van der Waals surface area contributed by atoms with Gasteiger partial charge in [-0.25, -0.2) is 0 Å². The van der Waals surface area contributed by atoms with Gasteiger partial charge in [0.2, 0.25) is 0 Å². The topological polar surface area (TPSA) is 12.0 Å². The Morgan fingerprint density at radius 2 is 1.71 bits per heavy atom. The van der Waals surface area contributed by atoms with Gasteiger partial charge in [0.15, 0.2) is 0 Å². The SMILES string of the molecule is CCCC(CC)NCCCCC(C)C. The summed E-state index contributed by atoms with van der Waals surface area (Å²) in [7, 11) is 0. The van der Waals surface area contributed by atoms with E-state index in [4.69, 9.17) is 0 Å². The highest BCUT2D eigenvalue weighted by atomic mass is 14.9. The van der Waals surface area contributed by atoms with Gasteiger partial charge in [-0.1, -0.05) is 47.0 Å². The molecule has 1 heteroatoms. The predicted octanol–water partition coefficient (Wildman–Crippen LogP) is 3.98. The lowest BCUT2D eigenvalue weighted by atomic mass is 10.1. The van der Waals surface area contributed by atoms with Crippen molar-refractivity contribution in [2.75, 3.05) is 6.54 Å². The molecule has 0 heterocycles. The maximum Gasteiger partial charge on any atom is 0.00643 e. The Morgan fingerprint density at radius 1 is 1.00 bits per heavy atom. The van der Waals surface area contributed by atoms with E-state index in [1.54, 1.807) is 0 Å². The van der Waals surface area contributed by atoms with Crippen LogP contribution in [0, 0.1) is 5.92 Å². The van der Waals surface area contributed by atoms with Crippen LogP contribution in [-0.2, 0) is 0 Å². The van der Waals surface area contributed by atoms with Crippen LogP contribution < -0.4 is 5.32 Å². The summed E-state index contributed by atoms with van der Waals surface area (Å²) in [5.74, 6) is 0.868. The normalized spacial score (nSPS) is 13.5. The lowest BCUT2D eigenvalue weighted by Gasteiger charge is -2.15. The van der Waals surface area contributed by atoms with Crippen molar-refractivity contribution in [2.45, 2.75) is 72.3 Å². The van der Waals surface area contributed by atoms with E-state index in [0.717, 1.165) is 12.0 Å². The lowest BCUT2D eigenvalue weighted by molar-refractivity contribution is 0.443. The minimum absolute atomic E-state index is 0.763. The molecule has 0 spiro atoms. The second kappa shape index (κ2) is 9.51. The van der Waals surface area contributed by atoms with Crippen LogP contribution in [0.25, 0.3) is 0 Å². The number of hydrogen-bond acceptors (Lipinski definition) is 1. The van der Waals surface area contributed by atoms with Crippen molar-refractivity contribution in [1.29, 1.82) is 0 Å². The third-order valence-corrected chi connectivity index (χ3v) is 2.77. The Kier molecular flexibility index (Phi) is 9.49. The third-order valence-electron chi connectivity index (χ3n) is 2.77. The van der Waals surface area contributed by atoms with Gasteiger partial charge in [0.1, 0.15) is 0 Å². The van der Waals surface area contributed by atoms with Crippen LogP contribution in [0.15, 0.2) is 0 Å². The third kappa shape index (κ3) is 8.55. The Hall–Kier alpha value is -0.0400. The molecule has 0 fully saturated rings. The fourth-order valence-corrected chi connectivity index (χ4v) is 1.78. The fourth-order valence-electron chi connectivity index (χ4n) is 1.78. The average molecular weight is 199 g/mol. The van der Waals surface area contributed by atoms with Crippen LogP contribution in [0.3, 0.4) is 0 Å². The van der Waals surface area contributed by atoms with Crippen LogP contribution in [0.4, 0.5) is 0 Å². The smallest absolute Gasteiger partial charge is 0.00643 e. The first-order valence-corrected chi connectivity index (χ1v) is 6.44. The van der Waals surface area contributed by atoms with Gasteiger partial charge in [-0.15, -0.1) is 0 Å². The van der Waals surface area contributed by atoms with E-state index in [1.807, 2.05) is 0 Å². The predicted molar refractivity (Wildman–Crippen MR) is 65.7 cm³/mol. The summed E-state index contributed by atoms with van der Waals surface area (Å²) in [4.78, 5) is 0. The second-order valence-corrected chi connectivity index (χ2v) is 4.74. The van der Waals surface area contributed by atoms with E-state index in [0.29, 0.717) is 0 Å². The Bertz CT molecular complexity index is 110. The molecule has 14 heavy (non-hydrogen) atoms. The van der Waals surface area contributed by atoms with E-state index in [9.17, 15) is 0 Å². The first-order valence-electron chi connectivity index (χ1n) is 6.44. The molecule has 1 atom stereocenters. The summed E-state index contributed by atoms with van der Waals surface area (Å²) in [5, 5.41) is 3.64. The van der Waals surface area contributed by atoms with Gasteiger partial charge in [0.25, 0.3) is 0 Å². The van der Waals surface area contributed by atoms with E-state index >= 15 is 0 Å². The molecule has 0 aliphatic heterocycles. The lowest BCUT2D eigenvalue weighted by Crippen LogP contribution is -2.29. The van der Waals surface area contributed by atoms with Crippen LogP contribution in [-0.4, -0.2) is 12.6 Å². The highest BCUT2D eigenvalue weighted by Gasteiger charge is 2.02. The molecule has 1 nitrogen and oxygen atoms in total. The molecule has 0 bridgehead atoms. The number of rotatable bonds is 9. The molecule has 0 aliphatic carbocycles. The van der Waals surface area contributed by atoms with Crippen molar-refractivity contribution in [2.24, 2.45) is 5.92 Å². The quantitative estimate of drug-likeness (QED) is 0.554. The van der Waals surface area contributed by atoms with E-state index < -0.39 is 0 Å². The van der Waals surface area contributed by atoms with Gasteiger partial charge >= 0.3 is 0 Å². The molecular weight excluding hydrogens is 170 g/mol. The summed E-state index contributed by atoms with van der Waals surface area (Å²) in [5.41, 5.74) is 0. The summed E-state index contributed by atoms with van der Waals surface area (Å²) >= 11 is 0. The zero-order valence-corrected chi connectivity index (χ0v) is 10.6. The Morgan fingerprint density at radius 3 is 2.21 bits per heavy atom. The molecule has 0 aromatic rings. The van der Waals surface area contributed by atoms with E-state index in [2.05, 4.69) is 33.0 Å². The van der Waals surface area contributed by atoms with Gasteiger partial charge < -0.3 is 5.32 Å². The molecule has 0 aromatic carbocycles. The van der Waals surface area contributed by atoms with Crippen LogP contribution in [0.1, 0.15) is 66.2 Å². The van der Waals surface area contributed by atoms with Gasteiger partial charge in [-0.05, 0) is 31.7 Å². The van der Waals surface area contributed by atoms with Crippen LogP contribution >= 0.6 is 0 Å². The van der Waals surface area contributed by atoms with E-state index in [1.165, 1.54) is 45.1 Å². The number of nitrogens with one attached hydrogen (secondary N) is 1. The standard InChI is InChI=1S/C13H29N/c1-5-9-13(6-2)14-11-8-7-10-12(3)4/h12-14H,5-11H2,1-4H3. The first kappa shape index (κ1) is 14.0. The molecule has 0 amide bonds. The molecule has 0 rings (SSSR count). The summed E-state index contributed by atoms with van der Waals surface area (Å²) in [6.07, 6.45) is 8.02.